The van der Waals surface area contributed by atoms with E-state index in [0.717, 1.165) is 6.42 Å². The smallest absolute Gasteiger partial charge is 0.410 e. The lowest BCUT2D eigenvalue weighted by atomic mass is 10.0. The summed E-state index contributed by atoms with van der Waals surface area (Å²) in [7, 11) is 0. The van der Waals surface area contributed by atoms with Crippen LogP contribution in [-0.4, -0.2) is 17.5 Å². The maximum Gasteiger partial charge on any atom is 0.415 e. The highest BCUT2D eigenvalue weighted by Crippen LogP contribution is 2.21. The molecule has 102 valence electrons. The Morgan fingerprint density at radius 2 is 1.75 bits per heavy atom. The first-order valence-electron chi connectivity index (χ1n) is 6.51. The summed E-state index contributed by atoms with van der Waals surface area (Å²) < 4.78 is 5.35. The molecule has 1 heterocycles. The Bertz CT molecular complexity index is 625. The van der Waals surface area contributed by atoms with Gasteiger partial charge in [0.1, 0.15) is 5.75 Å². The molecule has 0 unspecified atom stereocenters. The van der Waals surface area contributed by atoms with Crippen molar-refractivity contribution < 1.29 is 9.53 Å². The third-order valence-electron chi connectivity index (χ3n) is 3.41. The lowest BCUT2D eigenvalue weighted by molar-refractivity contribution is 0.147. The maximum absolute atomic E-state index is 12.1. The molecule has 0 bridgehead atoms. The third kappa shape index (κ3) is 2.78. The van der Waals surface area contributed by atoms with Gasteiger partial charge in [-0.15, -0.1) is 0 Å². The minimum absolute atomic E-state index is 0.318. The minimum atomic E-state index is -0.318. The predicted molar refractivity (Wildman–Crippen MR) is 78.0 cm³/mol. The van der Waals surface area contributed by atoms with Gasteiger partial charge >= 0.3 is 6.09 Å². The summed E-state index contributed by atoms with van der Waals surface area (Å²) in [5, 5.41) is 0.622. The van der Waals surface area contributed by atoms with Gasteiger partial charge in [-0.25, -0.2) is 4.79 Å². The molecule has 2 aromatic carbocycles. The van der Waals surface area contributed by atoms with Gasteiger partial charge < -0.3 is 9.64 Å². The van der Waals surface area contributed by atoms with Gasteiger partial charge in [0.2, 0.25) is 0 Å². The van der Waals surface area contributed by atoms with Gasteiger partial charge in [0.25, 0.3) is 0 Å². The van der Waals surface area contributed by atoms with E-state index < -0.39 is 0 Å². The molecule has 3 nitrogen and oxygen atoms in total. The number of halogens is 1. The van der Waals surface area contributed by atoms with E-state index in [0.29, 0.717) is 23.9 Å². The lowest BCUT2D eigenvalue weighted by Gasteiger charge is -2.27. The van der Waals surface area contributed by atoms with E-state index in [-0.39, 0.29) is 6.09 Å². The van der Waals surface area contributed by atoms with E-state index in [1.54, 1.807) is 29.2 Å². The molecule has 2 aromatic rings. The number of nitrogens with zero attached hydrogens (tertiary/aromatic N) is 1. The van der Waals surface area contributed by atoms with E-state index in [1.165, 1.54) is 11.1 Å². The Morgan fingerprint density at radius 1 is 1.05 bits per heavy atom. The summed E-state index contributed by atoms with van der Waals surface area (Å²) in [6.07, 6.45) is 0.549. The van der Waals surface area contributed by atoms with Crippen molar-refractivity contribution in [2.24, 2.45) is 0 Å². The second-order valence-electron chi connectivity index (χ2n) is 4.76. The van der Waals surface area contributed by atoms with Crippen LogP contribution in [0, 0.1) is 0 Å². The monoisotopic (exact) mass is 287 g/mol. The topological polar surface area (TPSA) is 29.5 Å². The number of amides is 1. The first-order chi connectivity index (χ1) is 9.72. The van der Waals surface area contributed by atoms with Crippen molar-refractivity contribution >= 4 is 17.7 Å². The standard InChI is InChI=1S/C16H14ClNO2/c17-14-5-7-15(8-6-14)20-16(19)18-10-9-12-3-1-2-4-13(12)11-18/h1-8H,9-11H2. The van der Waals surface area contributed by atoms with Crippen LogP contribution in [0.1, 0.15) is 11.1 Å². The number of hydrogen-bond donors (Lipinski definition) is 0. The molecule has 0 spiro atoms. The molecule has 0 N–H and O–H groups in total. The van der Waals surface area contributed by atoms with E-state index in [4.69, 9.17) is 16.3 Å². The summed E-state index contributed by atoms with van der Waals surface area (Å²) in [4.78, 5) is 13.9. The Hall–Kier alpha value is -2.00. The molecule has 3 rings (SSSR count). The summed E-state index contributed by atoms with van der Waals surface area (Å²) in [5.41, 5.74) is 2.50. The minimum Gasteiger partial charge on any atom is -0.410 e. The first kappa shape index (κ1) is 13.0. The van der Waals surface area contributed by atoms with Crippen LogP contribution in [0.25, 0.3) is 0 Å². The number of hydrogen-bond acceptors (Lipinski definition) is 2. The van der Waals surface area contributed by atoms with Crippen LogP contribution in [0.5, 0.6) is 5.75 Å². The second-order valence-corrected chi connectivity index (χ2v) is 5.20. The predicted octanol–water partition coefficient (Wildman–Crippen LogP) is 3.90. The highest BCUT2D eigenvalue weighted by atomic mass is 35.5. The molecule has 0 aliphatic carbocycles. The number of rotatable bonds is 1. The SMILES string of the molecule is O=C(Oc1ccc(Cl)cc1)N1CCc2ccccc2C1. The molecule has 0 radical (unpaired) electrons. The molecule has 1 aliphatic rings. The van der Waals surface area contributed by atoms with Crippen LogP contribution in [-0.2, 0) is 13.0 Å². The number of fused-ring (bicyclic) bond motifs is 1. The normalized spacial score (nSPS) is 13.8. The van der Waals surface area contributed by atoms with Crippen molar-refractivity contribution in [3.8, 4) is 5.75 Å². The zero-order valence-electron chi connectivity index (χ0n) is 10.9. The summed E-state index contributed by atoms with van der Waals surface area (Å²) in [5.74, 6) is 0.512. The Balaban J connectivity index is 1.68. The van der Waals surface area contributed by atoms with Gasteiger partial charge in [-0.05, 0) is 41.8 Å². The van der Waals surface area contributed by atoms with Crippen molar-refractivity contribution in [3.05, 3.63) is 64.7 Å². The molecule has 20 heavy (non-hydrogen) atoms. The van der Waals surface area contributed by atoms with Crippen LogP contribution in [0.15, 0.2) is 48.5 Å². The van der Waals surface area contributed by atoms with E-state index in [2.05, 4.69) is 12.1 Å². The van der Waals surface area contributed by atoms with Crippen LogP contribution in [0.3, 0.4) is 0 Å². The molecule has 1 aliphatic heterocycles. The van der Waals surface area contributed by atoms with Crippen LogP contribution < -0.4 is 4.74 Å². The van der Waals surface area contributed by atoms with Crippen molar-refractivity contribution in [3.63, 3.8) is 0 Å². The van der Waals surface area contributed by atoms with Gasteiger partial charge in [0, 0.05) is 18.1 Å². The fourth-order valence-electron chi connectivity index (χ4n) is 2.32. The third-order valence-corrected chi connectivity index (χ3v) is 3.66. The molecule has 0 aromatic heterocycles. The Morgan fingerprint density at radius 3 is 2.50 bits per heavy atom. The molecule has 0 saturated carbocycles. The van der Waals surface area contributed by atoms with E-state index in [1.807, 2.05) is 12.1 Å². The quantitative estimate of drug-likeness (QED) is 0.796. The highest BCUT2D eigenvalue weighted by Gasteiger charge is 2.21. The highest BCUT2D eigenvalue weighted by molar-refractivity contribution is 6.30. The van der Waals surface area contributed by atoms with Gasteiger partial charge in [-0.3, -0.25) is 0 Å². The largest absolute Gasteiger partial charge is 0.415 e. The first-order valence-corrected chi connectivity index (χ1v) is 6.89. The fraction of sp³-hybridized carbons (Fsp3) is 0.188. The Kier molecular flexibility index (Phi) is 3.61. The number of benzene rings is 2. The lowest BCUT2D eigenvalue weighted by Crippen LogP contribution is -2.37. The zero-order valence-corrected chi connectivity index (χ0v) is 11.6. The summed E-state index contributed by atoms with van der Waals surface area (Å²) in [6.45, 7) is 1.28. The van der Waals surface area contributed by atoms with E-state index in [9.17, 15) is 4.79 Å². The van der Waals surface area contributed by atoms with Gasteiger partial charge in [-0.2, -0.15) is 0 Å². The maximum atomic E-state index is 12.1. The van der Waals surface area contributed by atoms with Crippen LogP contribution in [0.4, 0.5) is 4.79 Å². The van der Waals surface area contributed by atoms with Crippen molar-refractivity contribution in [2.75, 3.05) is 6.54 Å². The fourth-order valence-corrected chi connectivity index (χ4v) is 2.45. The average Bonchev–Trinajstić information content (AvgIpc) is 2.49. The number of ether oxygens (including phenoxy) is 1. The molecule has 4 heteroatoms. The molecular formula is C16H14ClNO2. The van der Waals surface area contributed by atoms with Gasteiger partial charge in [-0.1, -0.05) is 35.9 Å². The van der Waals surface area contributed by atoms with Gasteiger partial charge in [0.05, 0.1) is 0 Å². The van der Waals surface area contributed by atoms with Crippen molar-refractivity contribution in [1.29, 1.82) is 0 Å². The van der Waals surface area contributed by atoms with E-state index >= 15 is 0 Å². The number of carbonyl (C=O) groups excluding carboxylic acids is 1. The molecule has 0 saturated heterocycles. The summed E-state index contributed by atoms with van der Waals surface area (Å²) >= 11 is 5.80. The second kappa shape index (κ2) is 5.55. The molecule has 1 amide bonds. The zero-order chi connectivity index (χ0) is 13.9. The van der Waals surface area contributed by atoms with Crippen molar-refractivity contribution in [1.82, 2.24) is 4.90 Å². The number of carbonyl (C=O) groups is 1. The van der Waals surface area contributed by atoms with Crippen LogP contribution in [0.2, 0.25) is 5.02 Å². The molecule has 0 atom stereocenters. The Labute approximate surface area is 122 Å². The van der Waals surface area contributed by atoms with Crippen LogP contribution >= 0.6 is 11.6 Å². The molecule has 0 fully saturated rings. The van der Waals surface area contributed by atoms with Crippen molar-refractivity contribution in [2.45, 2.75) is 13.0 Å². The molecular weight excluding hydrogens is 274 g/mol. The average molecular weight is 288 g/mol. The van der Waals surface area contributed by atoms with Gasteiger partial charge in [0.15, 0.2) is 0 Å². The summed E-state index contributed by atoms with van der Waals surface area (Å²) in [6, 6.07) is 15.0.